The van der Waals surface area contributed by atoms with E-state index in [1.165, 1.54) is 35.6 Å². The molecule has 2 aromatic rings. The van der Waals surface area contributed by atoms with E-state index >= 15 is 0 Å². The average molecular weight is 325 g/mol. The number of nitrogens with zero attached hydrogens (tertiary/aromatic N) is 1. The zero-order valence-electron chi connectivity index (χ0n) is 9.13. The number of benzene rings is 1. The van der Waals surface area contributed by atoms with Crippen molar-refractivity contribution in [3.05, 3.63) is 50.6 Å². The predicted octanol–water partition coefficient (Wildman–Crippen LogP) is 2.98. The molecule has 18 heavy (non-hydrogen) atoms. The van der Waals surface area contributed by atoms with Crippen molar-refractivity contribution in [3.63, 3.8) is 0 Å². The van der Waals surface area contributed by atoms with Gasteiger partial charge < -0.3 is 5.11 Å². The number of carbonyl (C=O) groups is 1. The van der Waals surface area contributed by atoms with Crippen LogP contribution in [0.25, 0.3) is 0 Å². The Bertz CT molecular complexity index is 578. The summed E-state index contributed by atoms with van der Waals surface area (Å²) in [5.74, 6) is -0.194. The minimum atomic E-state index is -0.318. The van der Waals surface area contributed by atoms with Crippen LogP contribution in [0.4, 0.5) is 0 Å². The van der Waals surface area contributed by atoms with Crippen LogP contribution in [0.15, 0.2) is 45.3 Å². The van der Waals surface area contributed by atoms with Crippen molar-refractivity contribution in [2.24, 2.45) is 5.10 Å². The highest BCUT2D eigenvalue weighted by atomic mass is 79.9. The van der Waals surface area contributed by atoms with E-state index in [1.807, 2.05) is 12.1 Å². The van der Waals surface area contributed by atoms with Gasteiger partial charge in [-0.25, -0.2) is 5.43 Å². The van der Waals surface area contributed by atoms with Crippen LogP contribution in [0.1, 0.15) is 15.2 Å². The summed E-state index contributed by atoms with van der Waals surface area (Å²) < 4.78 is 1.01. The zero-order chi connectivity index (χ0) is 13.0. The second kappa shape index (κ2) is 5.79. The zero-order valence-corrected chi connectivity index (χ0v) is 11.5. The van der Waals surface area contributed by atoms with E-state index in [9.17, 15) is 4.79 Å². The van der Waals surface area contributed by atoms with Gasteiger partial charge in [0.1, 0.15) is 5.75 Å². The lowest BCUT2D eigenvalue weighted by Gasteiger charge is -1.99. The van der Waals surface area contributed by atoms with E-state index in [2.05, 4.69) is 26.5 Å². The topological polar surface area (TPSA) is 61.7 Å². The minimum absolute atomic E-state index is 0.124. The molecule has 92 valence electrons. The number of rotatable bonds is 3. The first-order valence-electron chi connectivity index (χ1n) is 5.03. The van der Waals surface area contributed by atoms with Crippen LogP contribution in [0.3, 0.4) is 0 Å². The number of phenols is 1. The Morgan fingerprint density at radius 3 is 2.61 bits per heavy atom. The summed E-state index contributed by atoms with van der Waals surface area (Å²) in [6.07, 6.45) is 1.58. The molecule has 2 N–H and O–H groups in total. The number of hydrogen-bond donors (Lipinski definition) is 2. The van der Waals surface area contributed by atoms with E-state index in [0.29, 0.717) is 5.56 Å². The number of amides is 1. The second-order valence-electron chi connectivity index (χ2n) is 3.39. The average Bonchev–Trinajstić information content (AvgIpc) is 2.76. The third-order valence-electron chi connectivity index (χ3n) is 2.08. The van der Waals surface area contributed by atoms with E-state index in [1.54, 1.807) is 6.21 Å². The number of aromatic hydroxyl groups is 1. The summed E-state index contributed by atoms with van der Waals surface area (Å²) >= 11 is 4.86. The van der Waals surface area contributed by atoms with Gasteiger partial charge >= 0.3 is 0 Å². The molecule has 0 unspecified atom stereocenters. The molecule has 1 amide bonds. The smallest absolute Gasteiger partial charge is 0.271 e. The summed E-state index contributed by atoms with van der Waals surface area (Å²) in [6, 6.07) is 9.77. The normalized spacial score (nSPS) is 10.7. The van der Waals surface area contributed by atoms with E-state index in [0.717, 1.165) is 8.66 Å². The standard InChI is InChI=1S/C12H9BrN2O2S/c13-11-6-5-10(18-11)7-14-15-12(17)8-1-3-9(16)4-2-8/h1-7,16H,(H,15,17)/b14-7+. The molecular weight excluding hydrogens is 316 g/mol. The fourth-order valence-corrected chi connectivity index (χ4v) is 2.53. The van der Waals surface area contributed by atoms with Gasteiger partial charge in [0, 0.05) is 10.4 Å². The number of hydrazone groups is 1. The molecule has 0 saturated carbocycles. The summed E-state index contributed by atoms with van der Waals surface area (Å²) in [5.41, 5.74) is 2.86. The predicted molar refractivity (Wildman–Crippen MR) is 75.2 cm³/mol. The quantitative estimate of drug-likeness (QED) is 0.673. The molecule has 1 aromatic carbocycles. The molecule has 0 saturated heterocycles. The van der Waals surface area contributed by atoms with Gasteiger partial charge in [-0.15, -0.1) is 11.3 Å². The molecule has 4 nitrogen and oxygen atoms in total. The Kier molecular flexibility index (Phi) is 4.11. The van der Waals surface area contributed by atoms with Crippen LogP contribution < -0.4 is 5.43 Å². The maximum Gasteiger partial charge on any atom is 0.271 e. The van der Waals surface area contributed by atoms with Crippen molar-refractivity contribution in [1.82, 2.24) is 5.43 Å². The molecule has 1 heterocycles. The van der Waals surface area contributed by atoms with Crippen molar-refractivity contribution >= 4 is 39.4 Å². The number of hydrogen-bond acceptors (Lipinski definition) is 4. The van der Waals surface area contributed by atoms with E-state index < -0.39 is 0 Å². The second-order valence-corrected chi connectivity index (χ2v) is 5.88. The van der Waals surface area contributed by atoms with Gasteiger partial charge in [0.15, 0.2) is 0 Å². The number of halogens is 1. The molecule has 0 radical (unpaired) electrons. The lowest BCUT2D eigenvalue weighted by atomic mass is 10.2. The van der Waals surface area contributed by atoms with Gasteiger partial charge in [-0.2, -0.15) is 5.10 Å². The van der Waals surface area contributed by atoms with Gasteiger partial charge in [-0.1, -0.05) is 0 Å². The van der Waals surface area contributed by atoms with Crippen LogP contribution in [-0.4, -0.2) is 17.2 Å². The van der Waals surface area contributed by atoms with Gasteiger partial charge in [-0.3, -0.25) is 4.79 Å². The lowest BCUT2D eigenvalue weighted by molar-refractivity contribution is 0.0955. The van der Waals surface area contributed by atoms with Gasteiger partial charge in [0.25, 0.3) is 5.91 Å². The van der Waals surface area contributed by atoms with Gasteiger partial charge in [0.2, 0.25) is 0 Å². The monoisotopic (exact) mass is 324 g/mol. The summed E-state index contributed by atoms with van der Waals surface area (Å²) in [7, 11) is 0. The first-order chi connectivity index (χ1) is 8.65. The maximum absolute atomic E-state index is 11.6. The molecule has 0 fully saturated rings. The van der Waals surface area contributed by atoms with E-state index in [-0.39, 0.29) is 11.7 Å². The van der Waals surface area contributed by atoms with Crippen LogP contribution in [0.5, 0.6) is 5.75 Å². The fourth-order valence-electron chi connectivity index (χ4n) is 1.23. The van der Waals surface area contributed by atoms with Crippen LogP contribution >= 0.6 is 27.3 Å². The number of thiophene rings is 1. The van der Waals surface area contributed by atoms with Crippen LogP contribution in [0.2, 0.25) is 0 Å². The van der Waals surface area contributed by atoms with Gasteiger partial charge in [0.05, 0.1) is 10.0 Å². The number of nitrogens with one attached hydrogen (secondary N) is 1. The van der Waals surface area contributed by atoms with Crippen molar-refractivity contribution in [2.45, 2.75) is 0 Å². The fraction of sp³-hybridized carbons (Fsp3) is 0. The van der Waals surface area contributed by atoms with Crippen molar-refractivity contribution in [2.75, 3.05) is 0 Å². The van der Waals surface area contributed by atoms with Crippen LogP contribution in [-0.2, 0) is 0 Å². The summed E-state index contributed by atoms with van der Waals surface area (Å²) in [5, 5.41) is 13.0. The minimum Gasteiger partial charge on any atom is -0.508 e. The first-order valence-corrected chi connectivity index (χ1v) is 6.64. The Labute approximate surface area is 116 Å². The van der Waals surface area contributed by atoms with Gasteiger partial charge in [-0.05, 0) is 52.3 Å². The summed E-state index contributed by atoms with van der Waals surface area (Å²) in [4.78, 5) is 12.6. The molecule has 1 aromatic heterocycles. The summed E-state index contributed by atoms with van der Waals surface area (Å²) in [6.45, 7) is 0. The van der Waals surface area contributed by atoms with Crippen molar-refractivity contribution in [1.29, 1.82) is 0 Å². The molecule has 0 bridgehead atoms. The van der Waals surface area contributed by atoms with Crippen LogP contribution in [0, 0.1) is 0 Å². The lowest BCUT2D eigenvalue weighted by Crippen LogP contribution is -2.17. The Morgan fingerprint density at radius 2 is 2.00 bits per heavy atom. The highest BCUT2D eigenvalue weighted by Gasteiger charge is 2.03. The molecule has 0 atom stereocenters. The van der Waals surface area contributed by atoms with Crippen molar-refractivity contribution in [3.8, 4) is 5.75 Å². The number of carbonyl (C=O) groups excluding carboxylic acids is 1. The highest BCUT2D eigenvalue weighted by molar-refractivity contribution is 9.11. The third kappa shape index (κ3) is 3.41. The molecule has 2 rings (SSSR count). The Morgan fingerprint density at radius 1 is 1.28 bits per heavy atom. The molecule has 0 spiro atoms. The third-order valence-corrected chi connectivity index (χ3v) is 3.64. The highest BCUT2D eigenvalue weighted by Crippen LogP contribution is 2.20. The maximum atomic E-state index is 11.6. The first kappa shape index (κ1) is 12.8. The van der Waals surface area contributed by atoms with E-state index in [4.69, 9.17) is 5.11 Å². The molecule has 0 aliphatic heterocycles. The molecule has 0 aliphatic carbocycles. The SMILES string of the molecule is O=C(N/N=C/c1ccc(Br)s1)c1ccc(O)cc1. The molecule has 6 heteroatoms. The largest absolute Gasteiger partial charge is 0.508 e. The molecular formula is C12H9BrN2O2S. The van der Waals surface area contributed by atoms with Crippen molar-refractivity contribution < 1.29 is 9.90 Å². The Hall–Kier alpha value is -1.66. The molecule has 0 aliphatic rings. The number of phenolic OH excluding ortho intramolecular Hbond substituents is 1. The Balaban J connectivity index is 1.96.